The van der Waals surface area contributed by atoms with Crippen LogP contribution in [-0.4, -0.2) is 14.7 Å². The summed E-state index contributed by atoms with van der Waals surface area (Å²) in [6.45, 7) is 3.02. The molecule has 0 radical (unpaired) electrons. The summed E-state index contributed by atoms with van der Waals surface area (Å²) < 4.78 is 1.99. The molecule has 0 fully saturated rings. The van der Waals surface area contributed by atoms with E-state index < -0.39 is 0 Å². The summed E-state index contributed by atoms with van der Waals surface area (Å²) in [5.74, 6) is 0. The van der Waals surface area contributed by atoms with Crippen LogP contribution in [-0.2, 0) is 19.6 Å². The highest BCUT2D eigenvalue weighted by Gasteiger charge is 2.06. The minimum absolute atomic E-state index is 0.0484. The lowest BCUT2D eigenvalue weighted by Crippen LogP contribution is -2.03. The summed E-state index contributed by atoms with van der Waals surface area (Å²) in [5, 5.41) is 11.2. The Labute approximate surface area is 93.0 Å². The molecule has 3 nitrogen and oxygen atoms in total. The van der Waals surface area contributed by atoms with E-state index in [0.717, 1.165) is 18.7 Å². The van der Waals surface area contributed by atoms with Crippen molar-refractivity contribution in [2.75, 3.05) is 0 Å². The molecule has 0 amide bonds. The summed E-state index contributed by atoms with van der Waals surface area (Å²) >= 11 is 1.76. The third kappa shape index (κ3) is 2.11. The van der Waals surface area contributed by atoms with Crippen LogP contribution in [0.3, 0.4) is 0 Å². The van der Waals surface area contributed by atoms with Gasteiger partial charge in [-0.15, -0.1) is 11.3 Å². The highest BCUT2D eigenvalue weighted by molar-refractivity contribution is 7.10. The van der Waals surface area contributed by atoms with Gasteiger partial charge in [0.05, 0.1) is 31.4 Å². The number of aliphatic hydroxyl groups is 1. The van der Waals surface area contributed by atoms with Gasteiger partial charge in [-0.2, -0.15) is 0 Å². The Morgan fingerprint density at radius 2 is 2.40 bits per heavy atom. The van der Waals surface area contributed by atoms with Crippen molar-refractivity contribution in [2.24, 2.45) is 0 Å². The highest BCUT2D eigenvalue weighted by Crippen LogP contribution is 2.19. The Morgan fingerprint density at radius 1 is 1.53 bits per heavy atom. The van der Waals surface area contributed by atoms with Crippen LogP contribution in [0.1, 0.15) is 23.1 Å². The van der Waals surface area contributed by atoms with Gasteiger partial charge in [-0.1, -0.05) is 6.92 Å². The van der Waals surface area contributed by atoms with Gasteiger partial charge in [0.15, 0.2) is 0 Å². The van der Waals surface area contributed by atoms with Gasteiger partial charge in [0.2, 0.25) is 0 Å². The van der Waals surface area contributed by atoms with Crippen molar-refractivity contribution < 1.29 is 5.11 Å². The fourth-order valence-electron chi connectivity index (χ4n) is 1.60. The van der Waals surface area contributed by atoms with Crippen molar-refractivity contribution in [3.63, 3.8) is 0 Å². The lowest BCUT2D eigenvalue weighted by atomic mass is 10.2. The quantitative estimate of drug-likeness (QED) is 0.859. The molecule has 0 aliphatic carbocycles. The summed E-state index contributed by atoms with van der Waals surface area (Å²) in [6, 6.07) is 2.16. The van der Waals surface area contributed by atoms with Crippen molar-refractivity contribution >= 4 is 11.3 Å². The Kier molecular flexibility index (Phi) is 3.18. The average molecular weight is 222 g/mol. The molecular formula is C11H14N2OS. The molecule has 2 aromatic rings. The molecule has 0 aliphatic rings. The Morgan fingerprint density at radius 3 is 3.13 bits per heavy atom. The molecule has 0 unspecified atom stereocenters. The van der Waals surface area contributed by atoms with Gasteiger partial charge in [-0.3, -0.25) is 0 Å². The van der Waals surface area contributed by atoms with Crippen LogP contribution in [0.15, 0.2) is 24.0 Å². The van der Waals surface area contributed by atoms with Crippen LogP contribution in [0.25, 0.3) is 0 Å². The lowest BCUT2D eigenvalue weighted by molar-refractivity contribution is 0.271. The maximum absolute atomic E-state index is 9.11. The molecule has 15 heavy (non-hydrogen) atoms. The van der Waals surface area contributed by atoms with E-state index in [-0.39, 0.29) is 6.61 Å². The second-order valence-electron chi connectivity index (χ2n) is 3.39. The minimum atomic E-state index is 0.0484. The van der Waals surface area contributed by atoms with E-state index >= 15 is 0 Å². The normalized spacial score (nSPS) is 10.8. The number of aromatic nitrogens is 2. The zero-order valence-electron chi connectivity index (χ0n) is 8.68. The van der Waals surface area contributed by atoms with Gasteiger partial charge in [0.1, 0.15) is 0 Å². The zero-order valence-corrected chi connectivity index (χ0v) is 9.50. The fraction of sp³-hybridized carbons (Fsp3) is 0.364. The van der Waals surface area contributed by atoms with Crippen LogP contribution >= 0.6 is 11.3 Å². The number of hydrogen-bond donors (Lipinski definition) is 1. The molecule has 0 saturated heterocycles. The van der Waals surface area contributed by atoms with Gasteiger partial charge in [0, 0.05) is 4.88 Å². The summed E-state index contributed by atoms with van der Waals surface area (Å²) in [7, 11) is 0. The zero-order chi connectivity index (χ0) is 10.7. The molecule has 0 aromatic carbocycles. The number of thiophene rings is 1. The summed E-state index contributed by atoms with van der Waals surface area (Å²) in [4.78, 5) is 5.39. The van der Waals surface area contributed by atoms with Crippen molar-refractivity contribution in [1.29, 1.82) is 0 Å². The first kappa shape index (κ1) is 10.4. The van der Waals surface area contributed by atoms with Crippen molar-refractivity contribution in [3.05, 3.63) is 40.1 Å². The van der Waals surface area contributed by atoms with Crippen LogP contribution in [0.4, 0.5) is 0 Å². The van der Waals surface area contributed by atoms with Gasteiger partial charge in [-0.25, -0.2) is 4.98 Å². The molecule has 1 N–H and O–H groups in total. The molecule has 2 aromatic heterocycles. The molecule has 0 atom stereocenters. The summed E-state index contributed by atoms with van der Waals surface area (Å²) in [5.41, 5.74) is 2.25. The van der Waals surface area contributed by atoms with Crippen molar-refractivity contribution in [2.45, 2.75) is 26.5 Å². The van der Waals surface area contributed by atoms with E-state index in [4.69, 9.17) is 5.11 Å². The van der Waals surface area contributed by atoms with Crippen molar-refractivity contribution in [1.82, 2.24) is 9.55 Å². The number of aryl methyl sites for hydroxylation is 1. The molecule has 0 saturated carbocycles. The van der Waals surface area contributed by atoms with Crippen LogP contribution in [0.2, 0.25) is 0 Å². The molecule has 0 spiro atoms. The van der Waals surface area contributed by atoms with Gasteiger partial charge in [-0.05, 0) is 23.4 Å². The number of imidazole rings is 1. The fourth-order valence-corrected chi connectivity index (χ4v) is 2.57. The molecule has 2 heterocycles. The molecule has 4 heteroatoms. The molecule has 0 aliphatic heterocycles. The first-order valence-corrected chi connectivity index (χ1v) is 5.88. The van der Waals surface area contributed by atoms with E-state index in [2.05, 4.69) is 23.4 Å². The Balaban J connectivity index is 2.21. The second kappa shape index (κ2) is 4.59. The molecule has 80 valence electrons. The SMILES string of the molecule is CCc1ccsc1Cn1cncc1CO. The molecule has 0 bridgehead atoms. The van der Waals surface area contributed by atoms with E-state index in [1.807, 2.05) is 4.57 Å². The van der Waals surface area contributed by atoms with Gasteiger partial charge >= 0.3 is 0 Å². The number of nitrogens with zero attached hydrogens (tertiary/aromatic N) is 2. The largest absolute Gasteiger partial charge is 0.390 e. The minimum Gasteiger partial charge on any atom is -0.390 e. The monoisotopic (exact) mass is 222 g/mol. The number of hydrogen-bond acceptors (Lipinski definition) is 3. The second-order valence-corrected chi connectivity index (χ2v) is 4.39. The highest BCUT2D eigenvalue weighted by atomic mass is 32.1. The third-order valence-electron chi connectivity index (χ3n) is 2.49. The predicted octanol–water partition coefficient (Wildman–Crippen LogP) is 2.05. The Bertz CT molecular complexity index is 393. The van der Waals surface area contributed by atoms with Crippen LogP contribution < -0.4 is 0 Å². The van der Waals surface area contributed by atoms with Gasteiger partial charge < -0.3 is 9.67 Å². The average Bonchev–Trinajstić information content (AvgIpc) is 2.87. The smallest absolute Gasteiger partial charge is 0.0952 e. The molecular weight excluding hydrogens is 208 g/mol. The molecule has 2 rings (SSSR count). The maximum Gasteiger partial charge on any atom is 0.0952 e. The maximum atomic E-state index is 9.11. The third-order valence-corrected chi connectivity index (χ3v) is 3.44. The van der Waals surface area contributed by atoms with Crippen LogP contribution in [0, 0.1) is 0 Å². The Hall–Kier alpha value is -1.13. The standard InChI is InChI=1S/C11H14N2OS/c1-2-9-3-4-15-11(9)6-13-8-12-5-10(13)7-14/h3-5,8,14H,2,6-7H2,1H3. The first-order chi connectivity index (χ1) is 7.35. The van der Waals surface area contributed by atoms with E-state index in [9.17, 15) is 0 Å². The summed E-state index contributed by atoms with van der Waals surface area (Å²) in [6.07, 6.45) is 4.53. The van der Waals surface area contributed by atoms with E-state index in [1.165, 1.54) is 10.4 Å². The van der Waals surface area contributed by atoms with E-state index in [1.54, 1.807) is 23.9 Å². The van der Waals surface area contributed by atoms with Crippen molar-refractivity contribution in [3.8, 4) is 0 Å². The van der Waals surface area contributed by atoms with Gasteiger partial charge in [0.25, 0.3) is 0 Å². The predicted molar refractivity (Wildman–Crippen MR) is 60.9 cm³/mol. The van der Waals surface area contributed by atoms with Crippen LogP contribution in [0.5, 0.6) is 0 Å². The van der Waals surface area contributed by atoms with E-state index in [0.29, 0.717) is 0 Å². The number of rotatable bonds is 4. The lowest BCUT2D eigenvalue weighted by Gasteiger charge is -2.06. The number of aliphatic hydroxyl groups excluding tert-OH is 1. The first-order valence-electron chi connectivity index (χ1n) is 5.00. The topological polar surface area (TPSA) is 38.0 Å².